The molecule has 1 aliphatic rings. The Hall–Kier alpha value is -2.57. The Labute approximate surface area is 175 Å². The zero-order valence-electron chi connectivity index (χ0n) is 16.7. The molecule has 4 N–H and O–H groups in total. The molecular weight excluding hydrogens is 386 g/mol. The average Bonchev–Trinajstić information content (AvgIpc) is 3.55. The molecule has 1 aromatic heterocycles. The van der Waals surface area contributed by atoms with E-state index < -0.39 is 0 Å². The normalized spacial score (nSPS) is 14.6. The number of anilines is 4. The Balaban J connectivity index is 1.74. The molecule has 0 bridgehead atoms. The van der Waals surface area contributed by atoms with Crippen LogP contribution in [0.15, 0.2) is 36.4 Å². The molecule has 2 aromatic carbocycles. The molecule has 0 unspecified atom stereocenters. The number of aromatic nitrogens is 2. The van der Waals surface area contributed by atoms with Gasteiger partial charge in [0.15, 0.2) is 0 Å². The van der Waals surface area contributed by atoms with Crippen LogP contribution in [-0.4, -0.2) is 34.3 Å². The fourth-order valence-electron chi connectivity index (χ4n) is 3.38. The molecule has 0 spiro atoms. The van der Waals surface area contributed by atoms with Crippen LogP contribution in [0.4, 0.5) is 23.1 Å². The number of nitrogens with one attached hydrogen (secondary N) is 3. The number of halogens is 1. The molecule has 0 saturated heterocycles. The maximum atomic E-state index is 9.21. The highest BCUT2D eigenvalue weighted by Gasteiger charge is 2.28. The van der Waals surface area contributed by atoms with Crippen LogP contribution in [-0.2, 0) is 0 Å². The number of nitrogens with zero attached hydrogens (tertiary/aromatic N) is 2. The Morgan fingerprint density at radius 3 is 2.76 bits per heavy atom. The fourth-order valence-corrected chi connectivity index (χ4v) is 3.56. The number of benzene rings is 2. The molecule has 3 aromatic rings. The van der Waals surface area contributed by atoms with Crippen molar-refractivity contribution in [2.75, 3.05) is 29.1 Å². The number of hydrogen-bond donors (Lipinski definition) is 4. The Kier molecular flexibility index (Phi) is 5.74. The number of hydrogen-bond acceptors (Lipinski definition) is 6. The van der Waals surface area contributed by atoms with Crippen molar-refractivity contribution in [3.8, 4) is 0 Å². The highest BCUT2D eigenvalue weighted by molar-refractivity contribution is 6.31. The molecule has 0 amide bonds. The highest BCUT2D eigenvalue weighted by atomic mass is 35.5. The van der Waals surface area contributed by atoms with Crippen molar-refractivity contribution >= 4 is 45.6 Å². The molecule has 1 fully saturated rings. The van der Waals surface area contributed by atoms with Crippen LogP contribution in [0.1, 0.15) is 25.3 Å². The largest absolute Gasteiger partial charge is 0.395 e. The van der Waals surface area contributed by atoms with E-state index in [4.69, 9.17) is 21.6 Å². The van der Waals surface area contributed by atoms with Crippen LogP contribution >= 0.6 is 11.6 Å². The Morgan fingerprint density at radius 1 is 1.21 bits per heavy atom. The third-order valence-electron chi connectivity index (χ3n) is 5.28. The molecule has 0 aliphatic heterocycles. The fraction of sp³-hybridized carbons (Fsp3) is 0.364. The lowest BCUT2D eigenvalue weighted by molar-refractivity contribution is 0.311. The number of rotatable bonds is 8. The number of fused-ring (bicyclic) bond motifs is 1. The standard InChI is InChI=1S/C22H26ClN5O/c1-13-6-9-16(12-18(13)23)26-22-27-20-17(4-3-5-19(20)24-10-11-29)21(28-22)25-14(2)15-7-8-15/h3-6,9,12,14-15,24,29H,7-8,10-11H2,1-2H3,(H2,25,26,27,28)/t14-/m1/s1. The van der Waals surface area contributed by atoms with Crippen molar-refractivity contribution in [3.05, 3.63) is 47.0 Å². The first-order valence-corrected chi connectivity index (χ1v) is 10.4. The van der Waals surface area contributed by atoms with Gasteiger partial charge in [0.2, 0.25) is 5.95 Å². The van der Waals surface area contributed by atoms with E-state index in [0.29, 0.717) is 29.5 Å². The molecule has 4 rings (SSSR count). The summed E-state index contributed by atoms with van der Waals surface area (Å²) in [6.07, 6.45) is 2.51. The predicted octanol–water partition coefficient (Wildman–Crippen LogP) is 4.95. The van der Waals surface area contributed by atoms with Gasteiger partial charge in [-0.25, -0.2) is 4.98 Å². The van der Waals surface area contributed by atoms with Gasteiger partial charge in [0.05, 0.1) is 12.3 Å². The van der Waals surface area contributed by atoms with Gasteiger partial charge in [-0.05, 0) is 62.4 Å². The van der Waals surface area contributed by atoms with Crippen LogP contribution in [0.25, 0.3) is 10.9 Å². The molecule has 6 nitrogen and oxygen atoms in total. The van der Waals surface area contributed by atoms with Gasteiger partial charge < -0.3 is 21.1 Å². The van der Waals surface area contributed by atoms with Crippen molar-refractivity contribution in [3.63, 3.8) is 0 Å². The summed E-state index contributed by atoms with van der Waals surface area (Å²) in [6, 6.07) is 12.1. The van der Waals surface area contributed by atoms with E-state index in [1.807, 2.05) is 43.3 Å². The summed E-state index contributed by atoms with van der Waals surface area (Å²) in [7, 11) is 0. The topological polar surface area (TPSA) is 82.1 Å². The van der Waals surface area contributed by atoms with Crippen LogP contribution < -0.4 is 16.0 Å². The second kappa shape index (κ2) is 8.43. The zero-order valence-corrected chi connectivity index (χ0v) is 17.4. The van der Waals surface area contributed by atoms with Gasteiger partial charge in [0, 0.05) is 28.7 Å². The molecule has 0 radical (unpaired) electrons. The SMILES string of the molecule is Cc1ccc(Nc2nc(N[C@H](C)C3CC3)c3cccc(NCCO)c3n2)cc1Cl. The summed E-state index contributed by atoms with van der Waals surface area (Å²) in [5, 5.41) is 21.0. The van der Waals surface area contributed by atoms with Crippen molar-refractivity contribution in [2.24, 2.45) is 5.92 Å². The Bertz CT molecular complexity index is 1020. The van der Waals surface area contributed by atoms with Crippen LogP contribution in [0.3, 0.4) is 0 Å². The molecule has 29 heavy (non-hydrogen) atoms. The van der Waals surface area contributed by atoms with Crippen molar-refractivity contribution in [1.82, 2.24) is 9.97 Å². The monoisotopic (exact) mass is 411 g/mol. The van der Waals surface area contributed by atoms with Gasteiger partial charge in [-0.1, -0.05) is 23.7 Å². The van der Waals surface area contributed by atoms with Crippen molar-refractivity contribution < 1.29 is 5.11 Å². The summed E-state index contributed by atoms with van der Waals surface area (Å²) in [5.74, 6) is 2.01. The van der Waals surface area contributed by atoms with Crippen LogP contribution in [0.5, 0.6) is 0 Å². The number of para-hydroxylation sites is 1. The maximum absolute atomic E-state index is 9.21. The van der Waals surface area contributed by atoms with Gasteiger partial charge in [-0.3, -0.25) is 0 Å². The first-order valence-electron chi connectivity index (χ1n) is 10.0. The van der Waals surface area contributed by atoms with Gasteiger partial charge >= 0.3 is 0 Å². The molecule has 1 atom stereocenters. The van der Waals surface area contributed by atoms with E-state index in [9.17, 15) is 5.11 Å². The number of aryl methyl sites for hydroxylation is 1. The molecule has 7 heteroatoms. The smallest absolute Gasteiger partial charge is 0.229 e. The van der Waals surface area contributed by atoms with Crippen molar-refractivity contribution in [2.45, 2.75) is 32.7 Å². The summed E-state index contributed by atoms with van der Waals surface area (Å²) >= 11 is 6.27. The van der Waals surface area contributed by atoms with E-state index in [2.05, 4.69) is 22.9 Å². The minimum atomic E-state index is 0.0538. The summed E-state index contributed by atoms with van der Waals surface area (Å²) in [6.45, 7) is 4.68. The zero-order chi connectivity index (χ0) is 20.4. The summed E-state index contributed by atoms with van der Waals surface area (Å²) < 4.78 is 0. The Morgan fingerprint density at radius 2 is 2.03 bits per heavy atom. The average molecular weight is 412 g/mol. The second-order valence-electron chi connectivity index (χ2n) is 7.61. The molecule has 1 heterocycles. The van der Waals surface area contributed by atoms with E-state index in [1.165, 1.54) is 12.8 Å². The number of aliphatic hydroxyl groups is 1. The molecule has 152 valence electrons. The van der Waals surface area contributed by atoms with E-state index >= 15 is 0 Å². The van der Waals surface area contributed by atoms with Gasteiger partial charge in [0.25, 0.3) is 0 Å². The lowest BCUT2D eigenvalue weighted by atomic mass is 10.1. The highest BCUT2D eigenvalue weighted by Crippen LogP contribution is 2.36. The summed E-state index contributed by atoms with van der Waals surface area (Å²) in [5.41, 5.74) is 3.53. The molecule has 1 aliphatic carbocycles. The minimum Gasteiger partial charge on any atom is -0.395 e. The second-order valence-corrected chi connectivity index (χ2v) is 8.01. The predicted molar refractivity (Wildman–Crippen MR) is 120 cm³/mol. The summed E-state index contributed by atoms with van der Waals surface area (Å²) in [4.78, 5) is 9.52. The minimum absolute atomic E-state index is 0.0538. The van der Waals surface area contributed by atoms with Gasteiger partial charge in [-0.2, -0.15) is 4.98 Å². The third kappa shape index (κ3) is 4.54. The van der Waals surface area contributed by atoms with Crippen molar-refractivity contribution in [1.29, 1.82) is 0 Å². The van der Waals surface area contributed by atoms with E-state index in [0.717, 1.165) is 33.7 Å². The maximum Gasteiger partial charge on any atom is 0.229 e. The quantitative estimate of drug-likeness (QED) is 0.420. The van der Waals surface area contributed by atoms with E-state index in [-0.39, 0.29) is 6.61 Å². The first kappa shape index (κ1) is 19.7. The lowest BCUT2D eigenvalue weighted by Gasteiger charge is -2.18. The third-order valence-corrected chi connectivity index (χ3v) is 5.68. The molecule has 1 saturated carbocycles. The van der Waals surface area contributed by atoms with Gasteiger partial charge in [0.1, 0.15) is 11.3 Å². The van der Waals surface area contributed by atoms with Crippen LogP contribution in [0.2, 0.25) is 5.02 Å². The van der Waals surface area contributed by atoms with Gasteiger partial charge in [-0.15, -0.1) is 0 Å². The molecular formula is C22H26ClN5O. The van der Waals surface area contributed by atoms with E-state index in [1.54, 1.807) is 0 Å². The first-order chi connectivity index (χ1) is 14.0. The number of aliphatic hydroxyl groups excluding tert-OH is 1. The van der Waals surface area contributed by atoms with Crippen LogP contribution in [0, 0.1) is 12.8 Å². The lowest BCUT2D eigenvalue weighted by Crippen LogP contribution is -2.19.